The lowest BCUT2D eigenvalue weighted by atomic mass is 10.2. The maximum absolute atomic E-state index is 12.1. The van der Waals surface area contributed by atoms with Gasteiger partial charge in [0.2, 0.25) is 5.91 Å². The monoisotopic (exact) mass is 367 g/mol. The fraction of sp³-hybridized carbons (Fsp3) is 0.105. The van der Waals surface area contributed by atoms with Gasteiger partial charge in [-0.3, -0.25) is 4.79 Å². The largest absolute Gasteiger partial charge is 0.325 e. The molecule has 1 aromatic heterocycles. The number of nitrogens with zero attached hydrogens (tertiary/aromatic N) is 2. The highest BCUT2D eigenvalue weighted by Gasteiger charge is 2.11. The minimum Gasteiger partial charge on any atom is -0.325 e. The average molecular weight is 367 g/mol. The fourth-order valence-electron chi connectivity index (χ4n) is 2.12. The second-order valence-electron chi connectivity index (χ2n) is 5.29. The van der Waals surface area contributed by atoms with Crippen molar-refractivity contribution < 1.29 is 4.79 Å². The van der Waals surface area contributed by atoms with E-state index in [4.69, 9.17) is 0 Å². The van der Waals surface area contributed by atoms with Crippen molar-refractivity contribution in [3.8, 4) is 0 Å². The third-order valence-electron chi connectivity index (χ3n) is 3.23. The summed E-state index contributed by atoms with van der Waals surface area (Å²) in [4.78, 5) is 22.0. The fourth-order valence-corrected chi connectivity index (χ4v) is 3.95. The predicted octanol–water partition coefficient (Wildman–Crippen LogP) is 4.67. The molecule has 0 spiro atoms. The normalized spacial score (nSPS) is 10.4. The van der Waals surface area contributed by atoms with Crippen molar-refractivity contribution >= 4 is 35.1 Å². The predicted molar refractivity (Wildman–Crippen MR) is 103 cm³/mol. The summed E-state index contributed by atoms with van der Waals surface area (Å²) < 4.78 is 0. The number of benzene rings is 2. The summed E-state index contributed by atoms with van der Waals surface area (Å²) in [5.74, 6) is 0.225. The van der Waals surface area contributed by atoms with E-state index >= 15 is 0 Å². The molecule has 0 radical (unpaired) electrons. The summed E-state index contributed by atoms with van der Waals surface area (Å²) >= 11 is 2.95. The summed E-state index contributed by atoms with van der Waals surface area (Å²) in [6, 6.07) is 17.7. The van der Waals surface area contributed by atoms with Gasteiger partial charge in [-0.2, -0.15) is 0 Å². The molecule has 0 atom stereocenters. The van der Waals surface area contributed by atoms with E-state index in [0.29, 0.717) is 0 Å². The Morgan fingerprint density at radius 1 is 1.00 bits per heavy atom. The molecule has 1 N–H and O–H groups in total. The summed E-state index contributed by atoms with van der Waals surface area (Å²) in [6.07, 6.45) is 3.32. The first-order valence-electron chi connectivity index (χ1n) is 7.74. The van der Waals surface area contributed by atoms with Crippen molar-refractivity contribution in [1.29, 1.82) is 0 Å². The van der Waals surface area contributed by atoms with Crippen LogP contribution in [0.4, 0.5) is 5.69 Å². The van der Waals surface area contributed by atoms with Gasteiger partial charge in [-0.15, -0.1) is 0 Å². The molecule has 0 fully saturated rings. The lowest BCUT2D eigenvalue weighted by Gasteiger charge is -2.08. The van der Waals surface area contributed by atoms with Crippen molar-refractivity contribution in [2.75, 3.05) is 11.1 Å². The number of amides is 1. The topological polar surface area (TPSA) is 54.9 Å². The van der Waals surface area contributed by atoms with Gasteiger partial charge in [-0.1, -0.05) is 59.4 Å². The first-order chi connectivity index (χ1) is 12.2. The van der Waals surface area contributed by atoms with Crippen LogP contribution in [0.25, 0.3) is 0 Å². The van der Waals surface area contributed by atoms with E-state index in [2.05, 4.69) is 34.3 Å². The van der Waals surface area contributed by atoms with Crippen molar-refractivity contribution in [2.24, 2.45) is 0 Å². The lowest BCUT2D eigenvalue weighted by Crippen LogP contribution is -2.14. The van der Waals surface area contributed by atoms with Crippen LogP contribution in [-0.4, -0.2) is 21.6 Å². The number of aryl methyl sites for hydroxylation is 1. The van der Waals surface area contributed by atoms with Gasteiger partial charge in [0.05, 0.1) is 5.75 Å². The van der Waals surface area contributed by atoms with Crippen molar-refractivity contribution in [1.82, 2.24) is 9.97 Å². The Hall–Kier alpha value is -2.31. The second-order valence-corrected chi connectivity index (χ2v) is 7.31. The van der Waals surface area contributed by atoms with Gasteiger partial charge in [0.15, 0.2) is 0 Å². The van der Waals surface area contributed by atoms with Crippen LogP contribution >= 0.6 is 23.5 Å². The zero-order valence-electron chi connectivity index (χ0n) is 13.7. The zero-order valence-corrected chi connectivity index (χ0v) is 15.3. The van der Waals surface area contributed by atoms with E-state index in [9.17, 15) is 4.79 Å². The van der Waals surface area contributed by atoms with Crippen LogP contribution in [0.5, 0.6) is 0 Å². The lowest BCUT2D eigenvalue weighted by molar-refractivity contribution is -0.113. The van der Waals surface area contributed by atoms with Gasteiger partial charge in [0.25, 0.3) is 0 Å². The first-order valence-corrected chi connectivity index (χ1v) is 9.54. The molecule has 0 aliphatic heterocycles. The molecule has 0 unspecified atom stereocenters. The molecule has 3 aromatic rings. The Kier molecular flexibility index (Phi) is 6.09. The Labute approximate surface area is 155 Å². The summed E-state index contributed by atoms with van der Waals surface area (Å²) in [5, 5.41) is 4.45. The maximum Gasteiger partial charge on any atom is 0.234 e. The molecule has 4 nitrogen and oxygen atoms in total. The van der Waals surface area contributed by atoms with Crippen LogP contribution in [0.1, 0.15) is 5.56 Å². The van der Waals surface area contributed by atoms with Crippen molar-refractivity contribution in [3.05, 3.63) is 72.6 Å². The molecule has 126 valence electrons. The van der Waals surface area contributed by atoms with E-state index in [1.807, 2.05) is 42.5 Å². The Morgan fingerprint density at radius 3 is 2.52 bits per heavy atom. The summed E-state index contributed by atoms with van der Waals surface area (Å²) in [5.41, 5.74) is 1.99. The molecule has 6 heteroatoms. The molecule has 0 aliphatic carbocycles. The van der Waals surface area contributed by atoms with Crippen LogP contribution in [-0.2, 0) is 4.79 Å². The first kappa shape index (κ1) is 17.5. The van der Waals surface area contributed by atoms with Gasteiger partial charge in [-0.25, -0.2) is 9.97 Å². The Balaban J connectivity index is 1.64. The average Bonchev–Trinajstić information content (AvgIpc) is 2.62. The molecular formula is C19H17N3OS2. The van der Waals surface area contributed by atoms with Crippen LogP contribution in [0.2, 0.25) is 0 Å². The van der Waals surface area contributed by atoms with Crippen LogP contribution < -0.4 is 5.32 Å². The van der Waals surface area contributed by atoms with Crippen molar-refractivity contribution in [3.63, 3.8) is 0 Å². The molecule has 0 aliphatic rings. The molecular weight excluding hydrogens is 350 g/mol. The van der Waals surface area contributed by atoms with Gasteiger partial charge in [-0.05, 0) is 31.2 Å². The number of anilines is 1. The van der Waals surface area contributed by atoms with E-state index in [1.54, 1.807) is 24.2 Å². The number of hydrogen-bond donors (Lipinski definition) is 1. The number of carbonyl (C=O) groups is 1. The smallest absolute Gasteiger partial charge is 0.234 e. The number of carbonyl (C=O) groups excluding carboxylic acids is 1. The van der Waals surface area contributed by atoms with Gasteiger partial charge < -0.3 is 5.32 Å². The summed E-state index contributed by atoms with van der Waals surface area (Å²) in [7, 11) is 0. The molecule has 2 aromatic carbocycles. The summed E-state index contributed by atoms with van der Waals surface area (Å²) in [6.45, 7) is 2.06. The van der Waals surface area contributed by atoms with E-state index in [-0.39, 0.29) is 11.7 Å². The van der Waals surface area contributed by atoms with Gasteiger partial charge >= 0.3 is 0 Å². The SMILES string of the molecule is Cc1cccc(Sc2nccnc2SCC(=O)Nc2ccccc2)c1. The molecule has 0 saturated heterocycles. The van der Waals surface area contributed by atoms with E-state index in [0.717, 1.165) is 20.6 Å². The number of hydrogen-bond acceptors (Lipinski definition) is 5. The van der Waals surface area contributed by atoms with Gasteiger partial charge in [0.1, 0.15) is 10.1 Å². The number of thioether (sulfide) groups is 1. The number of rotatable bonds is 6. The van der Waals surface area contributed by atoms with E-state index in [1.165, 1.54) is 17.3 Å². The van der Waals surface area contributed by atoms with Crippen LogP contribution in [0, 0.1) is 6.92 Å². The second kappa shape index (κ2) is 8.69. The zero-order chi connectivity index (χ0) is 17.5. The third-order valence-corrected chi connectivity index (χ3v) is 5.32. The number of nitrogens with one attached hydrogen (secondary N) is 1. The highest BCUT2D eigenvalue weighted by atomic mass is 32.2. The molecule has 25 heavy (non-hydrogen) atoms. The minimum atomic E-state index is -0.0617. The molecule has 1 heterocycles. The quantitative estimate of drug-likeness (QED) is 0.642. The number of aromatic nitrogens is 2. The van der Waals surface area contributed by atoms with Gasteiger partial charge in [0, 0.05) is 23.0 Å². The maximum atomic E-state index is 12.1. The molecule has 3 rings (SSSR count). The highest BCUT2D eigenvalue weighted by molar-refractivity contribution is 8.02. The highest BCUT2D eigenvalue weighted by Crippen LogP contribution is 2.32. The van der Waals surface area contributed by atoms with Crippen molar-refractivity contribution in [2.45, 2.75) is 21.9 Å². The van der Waals surface area contributed by atoms with Crippen LogP contribution in [0.15, 0.2) is 81.9 Å². The van der Waals surface area contributed by atoms with E-state index < -0.39 is 0 Å². The third kappa shape index (κ3) is 5.34. The number of para-hydroxylation sites is 1. The standard InChI is InChI=1S/C19H17N3OS2/c1-14-6-5-9-16(12-14)25-19-18(20-10-11-21-19)24-13-17(23)22-15-7-3-2-4-8-15/h2-12H,13H2,1H3,(H,22,23). The molecule has 0 saturated carbocycles. The van der Waals surface area contributed by atoms with Crippen LogP contribution in [0.3, 0.4) is 0 Å². The molecule has 1 amide bonds. The Morgan fingerprint density at radius 2 is 1.76 bits per heavy atom. The minimum absolute atomic E-state index is 0.0617. The Bertz CT molecular complexity index is 856. The molecule has 0 bridgehead atoms.